The molecule has 2 heterocycles. The molecule has 5 nitrogen and oxygen atoms in total. The summed E-state index contributed by atoms with van der Waals surface area (Å²) in [6, 6.07) is 6.31. The molecule has 26 heavy (non-hydrogen) atoms. The Balaban J connectivity index is 1.34. The van der Waals surface area contributed by atoms with E-state index < -0.39 is 0 Å². The van der Waals surface area contributed by atoms with Gasteiger partial charge in [-0.2, -0.15) is 0 Å². The van der Waals surface area contributed by atoms with Crippen molar-refractivity contribution in [3.05, 3.63) is 33.8 Å². The Kier molecular flexibility index (Phi) is 7.43. The topological polar surface area (TPSA) is 48.9 Å². The number of rotatable bonds is 6. The summed E-state index contributed by atoms with van der Waals surface area (Å²) < 4.78 is 5.98. The van der Waals surface area contributed by atoms with E-state index in [1.807, 2.05) is 12.1 Å². The van der Waals surface area contributed by atoms with Gasteiger partial charge in [-0.3, -0.25) is 9.89 Å². The van der Waals surface area contributed by atoms with E-state index in [1.165, 1.54) is 19.4 Å². The van der Waals surface area contributed by atoms with Gasteiger partial charge in [0.05, 0.1) is 12.7 Å². The van der Waals surface area contributed by atoms with Crippen LogP contribution in [0.5, 0.6) is 0 Å². The number of nitrogens with zero attached hydrogens (tertiary/aromatic N) is 2. The summed E-state index contributed by atoms with van der Waals surface area (Å²) in [4.78, 5) is 6.85. The van der Waals surface area contributed by atoms with Gasteiger partial charge >= 0.3 is 0 Å². The molecule has 7 heteroatoms. The lowest BCUT2D eigenvalue weighted by Crippen LogP contribution is -2.51. The minimum atomic E-state index is 0.232. The zero-order chi connectivity index (χ0) is 18.4. The molecule has 144 valence electrons. The quantitative estimate of drug-likeness (QED) is 0.439. The van der Waals surface area contributed by atoms with Gasteiger partial charge in [0.1, 0.15) is 0 Å². The van der Waals surface area contributed by atoms with Gasteiger partial charge in [0, 0.05) is 42.8 Å². The van der Waals surface area contributed by atoms with Crippen LogP contribution in [0.25, 0.3) is 0 Å². The zero-order valence-electron chi connectivity index (χ0n) is 15.3. The summed E-state index contributed by atoms with van der Waals surface area (Å²) in [5, 5.41) is 8.14. The molecule has 2 aliphatic heterocycles. The minimum Gasteiger partial charge on any atom is -0.373 e. The van der Waals surface area contributed by atoms with E-state index in [4.69, 9.17) is 27.9 Å². The molecular weight excluding hydrogens is 371 g/mol. The number of benzene rings is 1. The van der Waals surface area contributed by atoms with Crippen LogP contribution >= 0.6 is 23.2 Å². The Bertz CT molecular complexity index is 626. The van der Waals surface area contributed by atoms with E-state index >= 15 is 0 Å². The molecule has 0 bridgehead atoms. The van der Waals surface area contributed by atoms with E-state index in [2.05, 4.69) is 20.5 Å². The molecule has 2 atom stereocenters. The van der Waals surface area contributed by atoms with Gasteiger partial charge in [-0.1, -0.05) is 29.3 Å². The number of guanidine groups is 1. The van der Waals surface area contributed by atoms with Gasteiger partial charge in [0.2, 0.25) is 0 Å². The Hall–Kier alpha value is -1.01. The van der Waals surface area contributed by atoms with Crippen LogP contribution in [0.3, 0.4) is 0 Å². The highest BCUT2D eigenvalue weighted by Gasteiger charge is 2.32. The molecule has 0 aromatic heterocycles. The zero-order valence-corrected chi connectivity index (χ0v) is 16.8. The lowest BCUT2D eigenvalue weighted by atomic mass is 10.1. The number of ether oxygens (including phenoxy) is 1. The monoisotopic (exact) mass is 398 g/mol. The average molecular weight is 399 g/mol. The Morgan fingerprint density at radius 1 is 1.35 bits per heavy atom. The van der Waals surface area contributed by atoms with Crippen molar-refractivity contribution in [3.63, 3.8) is 0 Å². The third kappa shape index (κ3) is 5.49. The van der Waals surface area contributed by atoms with Gasteiger partial charge in [-0.25, -0.2) is 0 Å². The summed E-state index contributed by atoms with van der Waals surface area (Å²) in [6.07, 6.45) is 4.69. The molecule has 3 rings (SSSR count). The molecule has 0 amide bonds. The highest BCUT2D eigenvalue weighted by molar-refractivity contribution is 6.35. The minimum absolute atomic E-state index is 0.232. The van der Waals surface area contributed by atoms with Crippen LogP contribution in [-0.2, 0) is 11.2 Å². The molecule has 1 aromatic carbocycles. The summed E-state index contributed by atoms with van der Waals surface area (Å²) in [5.41, 5.74) is 1.12. The Morgan fingerprint density at radius 2 is 2.23 bits per heavy atom. The second-order valence-electron chi connectivity index (χ2n) is 6.97. The number of halogens is 2. The van der Waals surface area contributed by atoms with Gasteiger partial charge in [0.15, 0.2) is 5.96 Å². The van der Waals surface area contributed by atoms with Crippen molar-refractivity contribution < 1.29 is 4.74 Å². The molecule has 0 aliphatic carbocycles. The van der Waals surface area contributed by atoms with E-state index in [0.717, 1.165) is 55.6 Å². The van der Waals surface area contributed by atoms with Crippen LogP contribution < -0.4 is 10.6 Å². The number of morpholine rings is 1. The lowest BCUT2D eigenvalue weighted by molar-refractivity contribution is -0.0453. The van der Waals surface area contributed by atoms with Crippen molar-refractivity contribution in [2.45, 2.75) is 37.8 Å². The maximum absolute atomic E-state index is 6.21. The van der Waals surface area contributed by atoms with Crippen LogP contribution in [0.15, 0.2) is 23.2 Å². The largest absolute Gasteiger partial charge is 0.373 e. The first kappa shape index (κ1) is 19.7. The van der Waals surface area contributed by atoms with Crippen LogP contribution in [0, 0.1) is 0 Å². The van der Waals surface area contributed by atoms with Gasteiger partial charge in [-0.05, 0) is 49.9 Å². The Labute approximate surface area is 166 Å². The third-order valence-corrected chi connectivity index (χ3v) is 5.70. The van der Waals surface area contributed by atoms with Crippen LogP contribution in [0.2, 0.25) is 10.0 Å². The molecule has 1 aromatic rings. The lowest BCUT2D eigenvalue weighted by Gasteiger charge is -2.35. The van der Waals surface area contributed by atoms with E-state index in [9.17, 15) is 0 Å². The van der Waals surface area contributed by atoms with Gasteiger partial charge < -0.3 is 15.4 Å². The number of fused-ring (bicyclic) bond motifs is 1. The molecular formula is C19H28Cl2N4O. The number of aryl methyl sites for hydroxylation is 1. The summed E-state index contributed by atoms with van der Waals surface area (Å²) in [7, 11) is 1.80. The fraction of sp³-hybridized carbons (Fsp3) is 0.632. The second-order valence-corrected chi connectivity index (χ2v) is 7.81. The van der Waals surface area contributed by atoms with Crippen molar-refractivity contribution in [1.29, 1.82) is 0 Å². The molecule has 2 unspecified atom stereocenters. The highest BCUT2D eigenvalue weighted by Crippen LogP contribution is 2.23. The van der Waals surface area contributed by atoms with E-state index in [-0.39, 0.29) is 6.10 Å². The molecule has 0 radical (unpaired) electrons. The first-order valence-corrected chi connectivity index (χ1v) is 10.2. The van der Waals surface area contributed by atoms with E-state index in [1.54, 1.807) is 13.1 Å². The predicted molar refractivity (Wildman–Crippen MR) is 108 cm³/mol. The number of hydrogen-bond donors (Lipinski definition) is 2. The van der Waals surface area contributed by atoms with E-state index in [0.29, 0.717) is 11.1 Å². The van der Waals surface area contributed by atoms with Crippen molar-refractivity contribution in [1.82, 2.24) is 15.5 Å². The summed E-state index contributed by atoms with van der Waals surface area (Å²) in [5.74, 6) is 0.819. The van der Waals surface area contributed by atoms with Gasteiger partial charge in [0.25, 0.3) is 0 Å². The number of nitrogens with one attached hydrogen (secondary N) is 2. The molecule has 2 saturated heterocycles. The Morgan fingerprint density at radius 3 is 3.04 bits per heavy atom. The molecule has 2 fully saturated rings. The summed E-state index contributed by atoms with van der Waals surface area (Å²) in [6.45, 7) is 4.71. The van der Waals surface area contributed by atoms with Crippen LogP contribution in [0.1, 0.15) is 24.8 Å². The first-order chi connectivity index (χ1) is 12.7. The normalized spacial score (nSPS) is 23.7. The van der Waals surface area contributed by atoms with Gasteiger partial charge in [-0.15, -0.1) is 0 Å². The fourth-order valence-corrected chi connectivity index (χ4v) is 4.15. The first-order valence-electron chi connectivity index (χ1n) is 9.40. The van der Waals surface area contributed by atoms with Crippen LogP contribution in [-0.4, -0.2) is 62.8 Å². The molecule has 0 saturated carbocycles. The van der Waals surface area contributed by atoms with Crippen molar-refractivity contribution in [2.24, 2.45) is 4.99 Å². The highest BCUT2D eigenvalue weighted by atomic mass is 35.5. The SMILES string of the molecule is CN=C(NCCCc1ccc(Cl)cc1Cl)NCC1CN2CCCC2CO1. The maximum atomic E-state index is 6.21. The molecule has 2 aliphatic rings. The van der Waals surface area contributed by atoms with Crippen LogP contribution in [0.4, 0.5) is 0 Å². The average Bonchev–Trinajstić information content (AvgIpc) is 3.10. The van der Waals surface area contributed by atoms with Crippen molar-refractivity contribution >= 4 is 29.2 Å². The smallest absolute Gasteiger partial charge is 0.191 e. The third-order valence-electron chi connectivity index (χ3n) is 5.11. The predicted octanol–water partition coefficient (Wildman–Crippen LogP) is 2.95. The summed E-state index contributed by atoms with van der Waals surface area (Å²) >= 11 is 12.1. The number of hydrogen-bond acceptors (Lipinski definition) is 3. The molecule has 0 spiro atoms. The molecule has 2 N–H and O–H groups in total. The maximum Gasteiger partial charge on any atom is 0.191 e. The number of aliphatic imine (C=N–C) groups is 1. The second kappa shape index (κ2) is 9.79. The fourth-order valence-electron chi connectivity index (χ4n) is 3.65. The van der Waals surface area contributed by atoms with Crippen molar-refractivity contribution in [2.75, 3.05) is 39.8 Å². The van der Waals surface area contributed by atoms with Crippen molar-refractivity contribution in [3.8, 4) is 0 Å². The standard InChI is InChI=1S/C19H28Cl2N4O/c1-22-19(23-8-2-4-14-6-7-15(20)10-18(14)21)24-11-17-12-25-9-3-5-16(25)13-26-17/h6-7,10,16-17H,2-5,8-9,11-13H2,1H3,(H2,22,23,24).